The number of carbonyl (C=O) groups is 1. The van der Waals surface area contributed by atoms with Crippen molar-refractivity contribution in [3.05, 3.63) is 48.5 Å². The maximum atomic E-state index is 12.6. The highest BCUT2D eigenvalue weighted by Gasteiger charge is 2.26. The second kappa shape index (κ2) is 10.5. The Balaban J connectivity index is 1.51. The van der Waals surface area contributed by atoms with Crippen molar-refractivity contribution >= 4 is 38.9 Å². The van der Waals surface area contributed by atoms with E-state index < -0.39 is 15.9 Å². The van der Waals surface area contributed by atoms with E-state index in [1.165, 1.54) is 23.5 Å². The van der Waals surface area contributed by atoms with Crippen LogP contribution in [0.3, 0.4) is 0 Å². The number of nitrogens with one attached hydrogen (secondary N) is 2. The topological polar surface area (TPSA) is 106 Å². The standard InChI is InChI=1S/C20H23N3O6S2/c1-27-17-4-2-3-5-18(17)29-14-19(24)22-20(30)21-15-6-8-16(9-7-15)31(25,26)23-10-12-28-13-11-23/h2-9H,10-14H2,1H3,(H2,21,22,24,30). The lowest BCUT2D eigenvalue weighted by atomic mass is 10.3. The summed E-state index contributed by atoms with van der Waals surface area (Å²) in [4.78, 5) is 12.3. The Morgan fingerprint density at radius 1 is 1.10 bits per heavy atom. The number of hydrogen-bond donors (Lipinski definition) is 2. The van der Waals surface area contributed by atoms with Crippen LogP contribution in [0.5, 0.6) is 11.5 Å². The fraction of sp³-hybridized carbons (Fsp3) is 0.300. The van der Waals surface area contributed by atoms with Crippen LogP contribution in [0.25, 0.3) is 0 Å². The van der Waals surface area contributed by atoms with Crippen LogP contribution in [0.1, 0.15) is 0 Å². The molecule has 31 heavy (non-hydrogen) atoms. The quantitative estimate of drug-likeness (QED) is 0.594. The van der Waals surface area contributed by atoms with E-state index in [2.05, 4.69) is 10.6 Å². The number of amides is 1. The molecule has 0 aromatic heterocycles. The Hall–Kier alpha value is -2.73. The molecule has 2 aromatic rings. The third-order valence-electron chi connectivity index (χ3n) is 4.40. The lowest BCUT2D eigenvalue weighted by Crippen LogP contribution is -2.40. The third kappa shape index (κ3) is 6.14. The Bertz CT molecular complexity index is 1020. The highest BCUT2D eigenvalue weighted by atomic mass is 32.2. The number of anilines is 1. The van der Waals surface area contributed by atoms with E-state index in [1.807, 2.05) is 0 Å². The predicted molar refractivity (Wildman–Crippen MR) is 119 cm³/mol. The predicted octanol–water partition coefficient (Wildman–Crippen LogP) is 1.61. The molecule has 1 aliphatic heterocycles. The van der Waals surface area contributed by atoms with Gasteiger partial charge in [0.05, 0.1) is 25.2 Å². The Labute approximate surface area is 186 Å². The number of carbonyl (C=O) groups excluding carboxylic acids is 1. The lowest BCUT2D eigenvalue weighted by Gasteiger charge is -2.26. The minimum Gasteiger partial charge on any atom is -0.493 e. The van der Waals surface area contributed by atoms with Gasteiger partial charge in [-0.3, -0.25) is 10.1 Å². The van der Waals surface area contributed by atoms with Crippen LogP contribution in [-0.4, -0.2) is 63.8 Å². The van der Waals surface area contributed by atoms with Crippen LogP contribution in [-0.2, 0) is 19.6 Å². The van der Waals surface area contributed by atoms with Crippen molar-refractivity contribution in [2.75, 3.05) is 45.3 Å². The van der Waals surface area contributed by atoms with E-state index in [0.29, 0.717) is 43.5 Å². The molecule has 1 saturated heterocycles. The summed E-state index contributed by atoms with van der Waals surface area (Å²) in [6.07, 6.45) is 0. The van der Waals surface area contributed by atoms with Crippen LogP contribution in [0, 0.1) is 0 Å². The smallest absolute Gasteiger partial charge is 0.264 e. The average molecular weight is 466 g/mol. The molecule has 2 N–H and O–H groups in total. The zero-order valence-electron chi connectivity index (χ0n) is 16.9. The molecule has 3 rings (SSSR count). The van der Waals surface area contributed by atoms with Crippen molar-refractivity contribution in [1.29, 1.82) is 0 Å². The number of ether oxygens (including phenoxy) is 3. The maximum Gasteiger partial charge on any atom is 0.264 e. The number of para-hydroxylation sites is 2. The van der Waals surface area contributed by atoms with E-state index in [0.717, 1.165) is 0 Å². The van der Waals surface area contributed by atoms with Gasteiger partial charge in [-0.05, 0) is 48.6 Å². The van der Waals surface area contributed by atoms with Crippen molar-refractivity contribution < 1.29 is 27.4 Å². The van der Waals surface area contributed by atoms with E-state index in [4.69, 9.17) is 26.4 Å². The number of sulfonamides is 1. The highest BCUT2D eigenvalue weighted by Crippen LogP contribution is 2.25. The van der Waals surface area contributed by atoms with Gasteiger partial charge in [-0.2, -0.15) is 4.31 Å². The van der Waals surface area contributed by atoms with E-state index in [-0.39, 0.29) is 16.6 Å². The molecule has 0 bridgehead atoms. The molecule has 1 heterocycles. The van der Waals surface area contributed by atoms with E-state index in [9.17, 15) is 13.2 Å². The highest BCUT2D eigenvalue weighted by molar-refractivity contribution is 7.89. The first-order valence-corrected chi connectivity index (χ1v) is 11.3. The summed E-state index contributed by atoms with van der Waals surface area (Å²) < 4.78 is 42.5. The molecule has 1 fully saturated rings. The van der Waals surface area contributed by atoms with Crippen molar-refractivity contribution in [2.45, 2.75) is 4.90 Å². The first-order chi connectivity index (χ1) is 14.9. The van der Waals surface area contributed by atoms with Crippen molar-refractivity contribution in [3.63, 3.8) is 0 Å². The Morgan fingerprint density at radius 2 is 1.74 bits per heavy atom. The number of methoxy groups -OCH3 is 1. The molecule has 0 saturated carbocycles. The van der Waals surface area contributed by atoms with Crippen LogP contribution in [0.15, 0.2) is 53.4 Å². The Morgan fingerprint density at radius 3 is 2.39 bits per heavy atom. The molecule has 166 valence electrons. The number of nitrogens with zero attached hydrogens (tertiary/aromatic N) is 1. The molecule has 1 amide bonds. The van der Waals surface area contributed by atoms with Gasteiger partial charge in [0.1, 0.15) is 0 Å². The molecule has 0 aliphatic carbocycles. The van der Waals surface area contributed by atoms with Gasteiger partial charge in [0, 0.05) is 18.8 Å². The molecule has 0 radical (unpaired) electrons. The summed E-state index contributed by atoms with van der Waals surface area (Å²) >= 11 is 5.14. The summed E-state index contributed by atoms with van der Waals surface area (Å²) in [6.45, 7) is 1.17. The first-order valence-electron chi connectivity index (χ1n) is 9.45. The number of rotatable bonds is 7. The summed E-state index contributed by atoms with van der Waals surface area (Å²) in [6, 6.07) is 13.1. The minimum atomic E-state index is -3.57. The van der Waals surface area contributed by atoms with Crippen LogP contribution in [0.2, 0.25) is 0 Å². The summed E-state index contributed by atoms with van der Waals surface area (Å²) in [5.41, 5.74) is 0.539. The number of benzene rings is 2. The first kappa shape index (κ1) is 22.9. The summed E-state index contributed by atoms with van der Waals surface area (Å²) in [5.74, 6) is 0.508. The molecular formula is C20H23N3O6S2. The molecule has 2 aromatic carbocycles. The van der Waals surface area contributed by atoms with E-state index in [1.54, 1.807) is 36.4 Å². The second-order valence-electron chi connectivity index (χ2n) is 6.48. The number of morpholine rings is 1. The number of hydrogen-bond acceptors (Lipinski definition) is 7. The van der Waals surface area contributed by atoms with E-state index >= 15 is 0 Å². The fourth-order valence-corrected chi connectivity index (χ4v) is 4.49. The SMILES string of the molecule is COc1ccccc1OCC(=O)NC(=S)Nc1ccc(S(=O)(=O)N2CCOCC2)cc1. The van der Waals surface area contributed by atoms with Crippen LogP contribution < -0.4 is 20.1 Å². The zero-order chi connectivity index (χ0) is 22.3. The van der Waals surface area contributed by atoms with Crippen LogP contribution in [0.4, 0.5) is 5.69 Å². The molecule has 0 atom stereocenters. The fourth-order valence-electron chi connectivity index (χ4n) is 2.85. The summed E-state index contributed by atoms with van der Waals surface area (Å²) in [7, 11) is -2.06. The molecule has 0 spiro atoms. The molecule has 0 unspecified atom stereocenters. The molecular weight excluding hydrogens is 442 g/mol. The molecule has 1 aliphatic rings. The zero-order valence-corrected chi connectivity index (χ0v) is 18.5. The number of thiocarbonyl (C=S) groups is 1. The second-order valence-corrected chi connectivity index (χ2v) is 8.83. The largest absolute Gasteiger partial charge is 0.493 e. The van der Waals surface area contributed by atoms with Gasteiger partial charge in [0.25, 0.3) is 5.91 Å². The van der Waals surface area contributed by atoms with Crippen LogP contribution >= 0.6 is 12.2 Å². The van der Waals surface area contributed by atoms with Crippen molar-refractivity contribution in [2.24, 2.45) is 0 Å². The summed E-state index contributed by atoms with van der Waals surface area (Å²) in [5, 5.41) is 5.42. The third-order valence-corrected chi connectivity index (χ3v) is 6.52. The monoisotopic (exact) mass is 465 g/mol. The lowest BCUT2D eigenvalue weighted by molar-refractivity contribution is -0.121. The van der Waals surface area contributed by atoms with Gasteiger partial charge in [-0.25, -0.2) is 8.42 Å². The Kier molecular flexibility index (Phi) is 7.80. The van der Waals surface area contributed by atoms with Gasteiger partial charge < -0.3 is 19.5 Å². The normalized spacial score (nSPS) is 14.5. The van der Waals surface area contributed by atoms with Crippen molar-refractivity contribution in [3.8, 4) is 11.5 Å². The van der Waals surface area contributed by atoms with Gasteiger partial charge in [-0.15, -0.1) is 0 Å². The van der Waals surface area contributed by atoms with Gasteiger partial charge in [0.2, 0.25) is 10.0 Å². The molecule has 11 heteroatoms. The average Bonchev–Trinajstić information content (AvgIpc) is 2.78. The van der Waals surface area contributed by atoms with Gasteiger partial charge >= 0.3 is 0 Å². The molecule has 9 nitrogen and oxygen atoms in total. The maximum absolute atomic E-state index is 12.6. The van der Waals surface area contributed by atoms with Crippen molar-refractivity contribution in [1.82, 2.24) is 9.62 Å². The van der Waals surface area contributed by atoms with Gasteiger partial charge in [0.15, 0.2) is 23.2 Å². The van der Waals surface area contributed by atoms with Gasteiger partial charge in [-0.1, -0.05) is 12.1 Å². The minimum absolute atomic E-state index is 0.0670.